The van der Waals surface area contributed by atoms with Crippen LogP contribution in [0.1, 0.15) is 30.0 Å². The predicted molar refractivity (Wildman–Crippen MR) is 96.9 cm³/mol. The number of hydrogen-bond donors (Lipinski definition) is 0. The summed E-state index contributed by atoms with van der Waals surface area (Å²) >= 11 is 0. The molecule has 0 atom stereocenters. The Morgan fingerprint density at radius 1 is 0.783 bits per heavy atom. The highest BCUT2D eigenvalue weighted by Crippen LogP contribution is 2.22. The van der Waals surface area contributed by atoms with E-state index in [1.807, 2.05) is 6.07 Å². The highest BCUT2D eigenvalue weighted by atomic mass is 16.5. The first kappa shape index (κ1) is 15.2. The minimum absolute atomic E-state index is 0.756. The molecule has 3 aromatic carbocycles. The molecule has 0 aliphatic carbocycles. The molecule has 0 unspecified atom stereocenters. The van der Waals surface area contributed by atoms with Gasteiger partial charge in [-0.2, -0.15) is 0 Å². The molecule has 1 nitrogen and oxygen atoms in total. The van der Waals surface area contributed by atoms with Crippen LogP contribution in [0.2, 0.25) is 0 Å². The van der Waals surface area contributed by atoms with E-state index >= 15 is 0 Å². The largest absolute Gasteiger partial charge is 0.494 e. The summed E-state index contributed by atoms with van der Waals surface area (Å²) in [4.78, 5) is 0. The van der Waals surface area contributed by atoms with Gasteiger partial charge in [0.1, 0.15) is 5.75 Å². The SMILES string of the molecule is CCCOc1ccc2cc(C#Cc3ccc(C)cc3)ccc2c1. The van der Waals surface area contributed by atoms with E-state index in [0.29, 0.717) is 0 Å². The maximum absolute atomic E-state index is 5.68. The third kappa shape index (κ3) is 3.93. The minimum Gasteiger partial charge on any atom is -0.494 e. The summed E-state index contributed by atoms with van der Waals surface area (Å²) in [6, 6.07) is 20.8. The lowest BCUT2D eigenvalue weighted by Crippen LogP contribution is -1.94. The van der Waals surface area contributed by atoms with Gasteiger partial charge in [0.2, 0.25) is 0 Å². The molecule has 0 aromatic heterocycles. The van der Waals surface area contributed by atoms with Crippen LogP contribution in [0.3, 0.4) is 0 Å². The quantitative estimate of drug-likeness (QED) is 0.593. The number of rotatable bonds is 3. The molecular weight excluding hydrogens is 280 g/mol. The first-order valence-electron chi connectivity index (χ1n) is 8.00. The summed E-state index contributed by atoms with van der Waals surface area (Å²) in [6.45, 7) is 4.95. The zero-order valence-corrected chi connectivity index (χ0v) is 13.6. The van der Waals surface area contributed by atoms with Gasteiger partial charge < -0.3 is 4.74 Å². The molecule has 0 saturated carbocycles. The van der Waals surface area contributed by atoms with Crippen molar-refractivity contribution in [2.75, 3.05) is 6.61 Å². The van der Waals surface area contributed by atoms with E-state index in [-0.39, 0.29) is 0 Å². The summed E-state index contributed by atoms with van der Waals surface area (Å²) in [7, 11) is 0. The number of hydrogen-bond acceptors (Lipinski definition) is 1. The van der Waals surface area contributed by atoms with Crippen molar-refractivity contribution < 1.29 is 4.74 Å². The molecule has 0 radical (unpaired) electrons. The molecule has 0 bridgehead atoms. The van der Waals surface area contributed by atoms with Gasteiger partial charge in [0.25, 0.3) is 0 Å². The van der Waals surface area contributed by atoms with Crippen molar-refractivity contribution in [2.24, 2.45) is 0 Å². The lowest BCUT2D eigenvalue weighted by Gasteiger charge is -2.06. The van der Waals surface area contributed by atoms with Gasteiger partial charge >= 0.3 is 0 Å². The molecule has 0 N–H and O–H groups in total. The monoisotopic (exact) mass is 300 g/mol. The normalized spacial score (nSPS) is 10.2. The van der Waals surface area contributed by atoms with Crippen LogP contribution in [-0.2, 0) is 0 Å². The molecule has 114 valence electrons. The van der Waals surface area contributed by atoms with Crippen molar-refractivity contribution in [3.63, 3.8) is 0 Å². The van der Waals surface area contributed by atoms with Crippen LogP contribution in [0.25, 0.3) is 10.8 Å². The summed E-state index contributed by atoms with van der Waals surface area (Å²) < 4.78 is 5.68. The molecule has 0 aliphatic heterocycles. The molecule has 0 fully saturated rings. The van der Waals surface area contributed by atoms with Gasteiger partial charge in [-0.1, -0.05) is 48.6 Å². The van der Waals surface area contributed by atoms with Crippen LogP contribution < -0.4 is 4.74 Å². The van der Waals surface area contributed by atoms with Gasteiger partial charge in [-0.05, 0) is 60.5 Å². The third-order valence-electron chi connectivity index (χ3n) is 3.69. The van der Waals surface area contributed by atoms with Crippen LogP contribution in [-0.4, -0.2) is 6.61 Å². The van der Waals surface area contributed by atoms with Crippen LogP contribution in [0.15, 0.2) is 60.7 Å². The predicted octanol–water partition coefficient (Wildman–Crippen LogP) is 5.34. The molecule has 1 heteroatoms. The van der Waals surface area contributed by atoms with Crippen molar-refractivity contribution in [3.05, 3.63) is 77.4 Å². The summed E-state index contributed by atoms with van der Waals surface area (Å²) in [5.74, 6) is 7.39. The maximum atomic E-state index is 5.68. The van der Waals surface area contributed by atoms with Crippen LogP contribution in [0, 0.1) is 18.8 Å². The molecule has 0 spiro atoms. The van der Waals surface area contributed by atoms with Crippen LogP contribution in [0.5, 0.6) is 5.75 Å². The lowest BCUT2D eigenvalue weighted by atomic mass is 10.1. The van der Waals surface area contributed by atoms with Gasteiger partial charge in [-0.15, -0.1) is 0 Å². The second-order valence-electron chi connectivity index (χ2n) is 5.69. The Hall–Kier alpha value is -2.72. The molecule has 3 rings (SSSR count). The van der Waals surface area contributed by atoms with E-state index in [1.54, 1.807) is 0 Å². The zero-order valence-electron chi connectivity index (χ0n) is 13.6. The van der Waals surface area contributed by atoms with Gasteiger partial charge in [0, 0.05) is 11.1 Å². The standard InChI is InChI=1S/C22H20O/c1-3-14-23-22-13-12-20-15-19(10-11-21(20)16-22)9-8-18-6-4-17(2)5-7-18/h4-7,10-13,15-16H,3,14H2,1-2H3. The zero-order chi connectivity index (χ0) is 16.1. The fraction of sp³-hybridized carbons (Fsp3) is 0.182. The molecule has 0 saturated heterocycles. The highest BCUT2D eigenvalue weighted by Gasteiger charge is 1.98. The summed E-state index contributed by atoms with van der Waals surface area (Å²) in [5.41, 5.74) is 3.32. The average Bonchev–Trinajstić information content (AvgIpc) is 2.59. The Kier molecular flexibility index (Phi) is 4.64. The van der Waals surface area contributed by atoms with Crippen molar-refractivity contribution in [1.29, 1.82) is 0 Å². The fourth-order valence-corrected chi connectivity index (χ4v) is 2.39. The Morgan fingerprint density at radius 2 is 1.43 bits per heavy atom. The lowest BCUT2D eigenvalue weighted by molar-refractivity contribution is 0.318. The van der Waals surface area contributed by atoms with Gasteiger partial charge in [-0.3, -0.25) is 0 Å². The first-order valence-corrected chi connectivity index (χ1v) is 8.00. The van der Waals surface area contributed by atoms with E-state index in [4.69, 9.17) is 4.74 Å². The summed E-state index contributed by atoms with van der Waals surface area (Å²) in [6.07, 6.45) is 1.02. The van der Waals surface area contributed by atoms with Crippen molar-refractivity contribution in [3.8, 4) is 17.6 Å². The molecule has 23 heavy (non-hydrogen) atoms. The van der Waals surface area contributed by atoms with E-state index in [2.05, 4.69) is 80.3 Å². The third-order valence-corrected chi connectivity index (χ3v) is 3.69. The van der Waals surface area contributed by atoms with E-state index in [0.717, 1.165) is 29.9 Å². The number of ether oxygens (including phenoxy) is 1. The number of fused-ring (bicyclic) bond motifs is 1. The number of benzene rings is 3. The molecule has 3 aromatic rings. The van der Waals surface area contributed by atoms with Crippen molar-refractivity contribution >= 4 is 10.8 Å². The van der Waals surface area contributed by atoms with E-state index < -0.39 is 0 Å². The second kappa shape index (κ2) is 7.03. The maximum Gasteiger partial charge on any atom is 0.119 e. The van der Waals surface area contributed by atoms with Gasteiger partial charge in [0.05, 0.1) is 6.61 Å². The fourth-order valence-electron chi connectivity index (χ4n) is 2.39. The topological polar surface area (TPSA) is 9.23 Å². The average molecular weight is 300 g/mol. The molecule has 0 amide bonds. The van der Waals surface area contributed by atoms with Crippen LogP contribution >= 0.6 is 0 Å². The number of aryl methyl sites for hydroxylation is 1. The Labute approximate surface area is 137 Å². The highest BCUT2D eigenvalue weighted by molar-refractivity contribution is 5.85. The Balaban J connectivity index is 1.84. The molecule has 0 heterocycles. The summed E-state index contributed by atoms with van der Waals surface area (Å²) in [5, 5.41) is 2.36. The smallest absolute Gasteiger partial charge is 0.119 e. The molecular formula is C22H20O. The minimum atomic E-state index is 0.756. The van der Waals surface area contributed by atoms with Gasteiger partial charge in [0.15, 0.2) is 0 Å². The van der Waals surface area contributed by atoms with Crippen molar-refractivity contribution in [1.82, 2.24) is 0 Å². The first-order chi connectivity index (χ1) is 11.2. The second-order valence-corrected chi connectivity index (χ2v) is 5.69. The Bertz CT molecular complexity index is 864. The van der Waals surface area contributed by atoms with Gasteiger partial charge in [-0.25, -0.2) is 0 Å². The Morgan fingerprint density at radius 3 is 2.22 bits per heavy atom. The van der Waals surface area contributed by atoms with E-state index in [9.17, 15) is 0 Å². The molecule has 0 aliphatic rings. The van der Waals surface area contributed by atoms with E-state index in [1.165, 1.54) is 16.3 Å². The van der Waals surface area contributed by atoms with Crippen molar-refractivity contribution in [2.45, 2.75) is 20.3 Å². The van der Waals surface area contributed by atoms with Crippen LogP contribution in [0.4, 0.5) is 0 Å².